The van der Waals surface area contributed by atoms with Gasteiger partial charge in [0.15, 0.2) is 6.10 Å². The monoisotopic (exact) mass is 385 g/mol. The molecule has 0 fully saturated rings. The summed E-state index contributed by atoms with van der Waals surface area (Å²) in [5.74, 6) is -3.71. The van der Waals surface area contributed by atoms with Crippen LogP contribution in [0, 0.1) is 11.6 Å². The van der Waals surface area contributed by atoms with Crippen molar-refractivity contribution in [3.8, 4) is 0 Å². The number of ether oxygens (including phenoxy) is 1. The molecule has 27 heavy (non-hydrogen) atoms. The molecule has 0 unspecified atom stereocenters. The number of imide groups is 1. The molecule has 1 aromatic carbocycles. The zero-order valence-corrected chi connectivity index (χ0v) is 16.2. The molecule has 0 aliphatic heterocycles. The molecule has 0 spiro atoms. The highest BCUT2D eigenvalue weighted by Crippen LogP contribution is 2.26. The lowest BCUT2D eigenvalue weighted by Crippen LogP contribution is -2.50. The smallest absolute Gasteiger partial charge is 0.328 e. The van der Waals surface area contributed by atoms with Crippen molar-refractivity contribution in [1.82, 2.24) is 15.5 Å². The Kier molecular flexibility index (Phi) is 7.41. The zero-order chi connectivity index (χ0) is 20.9. The second-order valence-electron chi connectivity index (χ2n) is 7.27. The number of carbonyl (C=O) groups is 3. The first-order chi connectivity index (χ1) is 12.3. The van der Waals surface area contributed by atoms with E-state index in [0.717, 1.165) is 12.1 Å². The van der Waals surface area contributed by atoms with Crippen LogP contribution in [0.25, 0.3) is 0 Å². The third-order valence-corrected chi connectivity index (χ3v) is 3.40. The largest absolute Gasteiger partial charge is 0.451 e. The number of rotatable bonds is 5. The van der Waals surface area contributed by atoms with Crippen LogP contribution in [0.3, 0.4) is 0 Å². The number of amides is 3. The van der Waals surface area contributed by atoms with Gasteiger partial charge in [-0.05, 0) is 53.9 Å². The van der Waals surface area contributed by atoms with Gasteiger partial charge >= 0.3 is 12.0 Å². The Balaban J connectivity index is 2.88. The van der Waals surface area contributed by atoms with E-state index >= 15 is 0 Å². The predicted octanol–water partition coefficient (Wildman–Crippen LogP) is 2.12. The van der Waals surface area contributed by atoms with Gasteiger partial charge in [-0.15, -0.1) is 0 Å². The molecular formula is C18H25F2N3O4. The second kappa shape index (κ2) is 8.90. The minimum absolute atomic E-state index is 0.481. The minimum atomic E-state index is -1.40. The van der Waals surface area contributed by atoms with Crippen LogP contribution in [0.4, 0.5) is 13.6 Å². The lowest BCUT2D eigenvalue weighted by atomic mass is 10.0. The fraction of sp³-hybridized carbons (Fsp3) is 0.500. The number of hydrogen-bond donors (Lipinski definition) is 2. The lowest BCUT2D eigenvalue weighted by Gasteiger charge is -2.25. The van der Waals surface area contributed by atoms with Crippen molar-refractivity contribution in [1.29, 1.82) is 0 Å². The maximum atomic E-state index is 14.0. The minimum Gasteiger partial charge on any atom is -0.451 e. The Morgan fingerprint density at radius 3 is 2.07 bits per heavy atom. The van der Waals surface area contributed by atoms with Gasteiger partial charge in [0.25, 0.3) is 5.91 Å². The van der Waals surface area contributed by atoms with Crippen LogP contribution in [0.2, 0.25) is 0 Å². The predicted molar refractivity (Wildman–Crippen MR) is 94.8 cm³/mol. The molecule has 0 aliphatic rings. The Bertz CT molecular complexity index is 697. The molecular weight excluding hydrogens is 360 g/mol. The van der Waals surface area contributed by atoms with Crippen LogP contribution < -0.4 is 10.6 Å². The number of nitrogens with one attached hydrogen (secondary N) is 2. The van der Waals surface area contributed by atoms with Crippen LogP contribution in [0.1, 0.15) is 39.3 Å². The molecule has 7 nitrogen and oxygen atoms in total. The lowest BCUT2D eigenvalue weighted by molar-refractivity contribution is -0.159. The molecule has 2 atom stereocenters. The third-order valence-electron chi connectivity index (χ3n) is 3.40. The molecule has 0 saturated heterocycles. The van der Waals surface area contributed by atoms with Crippen LogP contribution in [-0.4, -0.2) is 48.5 Å². The van der Waals surface area contributed by atoms with Gasteiger partial charge in [0, 0.05) is 5.54 Å². The summed E-state index contributed by atoms with van der Waals surface area (Å²) in [5.41, 5.74) is -1.05. The van der Waals surface area contributed by atoms with E-state index in [9.17, 15) is 23.2 Å². The normalized spacial score (nSPS) is 13.7. The van der Waals surface area contributed by atoms with Crippen LogP contribution >= 0.6 is 0 Å². The SMILES string of the molecule is C[C@H](OC(=O)[C@H](c1c(F)cccc1F)N(C)C)C(=O)NC(=O)NC(C)(C)C. The van der Waals surface area contributed by atoms with Crippen LogP contribution in [-0.2, 0) is 14.3 Å². The topological polar surface area (TPSA) is 87.7 Å². The van der Waals surface area contributed by atoms with E-state index < -0.39 is 52.8 Å². The van der Waals surface area contributed by atoms with Crippen molar-refractivity contribution < 1.29 is 27.9 Å². The van der Waals surface area contributed by atoms with Gasteiger partial charge in [0.05, 0.1) is 5.56 Å². The number of benzene rings is 1. The average Bonchev–Trinajstić information content (AvgIpc) is 2.48. The quantitative estimate of drug-likeness (QED) is 0.758. The van der Waals surface area contributed by atoms with Crippen LogP contribution in [0.15, 0.2) is 18.2 Å². The van der Waals surface area contributed by atoms with Crippen molar-refractivity contribution >= 4 is 17.9 Å². The van der Waals surface area contributed by atoms with Gasteiger partial charge < -0.3 is 10.1 Å². The number of nitrogens with zero attached hydrogens (tertiary/aromatic N) is 1. The number of esters is 1. The van der Waals surface area contributed by atoms with Gasteiger partial charge in [0.1, 0.15) is 17.7 Å². The molecule has 0 aromatic heterocycles. The van der Waals surface area contributed by atoms with Crippen molar-refractivity contribution in [2.45, 2.75) is 45.4 Å². The zero-order valence-electron chi connectivity index (χ0n) is 16.2. The molecule has 150 valence electrons. The average molecular weight is 385 g/mol. The standard InChI is InChI=1S/C18H25F2N3O4/c1-10(15(24)21-17(26)22-18(2,3)4)27-16(25)14(23(5)6)13-11(19)8-7-9-12(13)20/h7-10,14H,1-6H3,(H2,21,22,24,26)/t10-,14-/m0/s1. The Morgan fingerprint density at radius 1 is 1.11 bits per heavy atom. The van der Waals surface area contributed by atoms with Crippen LogP contribution in [0.5, 0.6) is 0 Å². The number of halogens is 2. The summed E-state index contributed by atoms with van der Waals surface area (Å²) in [4.78, 5) is 37.5. The molecule has 9 heteroatoms. The van der Waals surface area contributed by atoms with E-state index in [1.165, 1.54) is 32.0 Å². The van der Waals surface area contributed by atoms with Gasteiger partial charge in [-0.1, -0.05) is 6.07 Å². The van der Waals surface area contributed by atoms with Crippen molar-refractivity contribution in [2.24, 2.45) is 0 Å². The summed E-state index contributed by atoms with van der Waals surface area (Å²) < 4.78 is 33.1. The number of urea groups is 1. The van der Waals surface area contributed by atoms with E-state index in [0.29, 0.717) is 0 Å². The summed E-state index contributed by atoms with van der Waals surface area (Å²) in [5, 5.41) is 4.57. The molecule has 1 aromatic rings. The fourth-order valence-electron chi connectivity index (χ4n) is 2.24. The first-order valence-corrected chi connectivity index (χ1v) is 8.27. The fourth-order valence-corrected chi connectivity index (χ4v) is 2.24. The van der Waals surface area contributed by atoms with E-state index in [4.69, 9.17) is 4.74 Å². The molecule has 0 aliphatic carbocycles. The molecule has 0 heterocycles. The maximum Gasteiger partial charge on any atom is 0.328 e. The molecule has 0 radical (unpaired) electrons. The Labute approximate surface area is 157 Å². The summed E-state index contributed by atoms with van der Waals surface area (Å²) in [7, 11) is 2.89. The van der Waals surface area contributed by atoms with E-state index in [-0.39, 0.29) is 0 Å². The molecule has 3 amide bonds. The van der Waals surface area contributed by atoms with Gasteiger partial charge in [-0.25, -0.2) is 18.4 Å². The molecule has 1 rings (SSSR count). The molecule has 0 saturated carbocycles. The summed E-state index contributed by atoms with van der Waals surface area (Å²) in [6.07, 6.45) is -1.35. The number of carbonyl (C=O) groups excluding carboxylic acids is 3. The van der Waals surface area contributed by atoms with Crippen molar-refractivity contribution in [3.63, 3.8) is 0 Å². The van der Waals surface area contributed by atoms with E-state index in [2.05, 4.69) is 5.32 Å². The summed E-state index contributed by atoms with van der Waals surface area (Å²) in [6.45, 7) is 6.43. The number of likely N-dealkylation sites (N-methyl/N-ethyl adjacent to an activating group) is 1. The van der Waals surface area contributed by atoms with Gasteiger partial charge in [-0.3, -0.25) is 15.0 Å². The van der Waals surface area contributed by atoms with Gasteiger partial charge in [0.2, 0.25) is 0 Å². The highest BCUT2D eigenvalue weighted by atomic mass is 19.1. The maximum absolute atomic E-state index is 14.0. The van der Waals surface area contributed by atoms with E-state index in [1.807, 2.05) is 5.32 Å². The van der Waals surface area contributed by atoms with E-state index in [1.54, 1.807) is 20.8 Å². The Morgan fingerprint density at radius 2 is 1.63 bits per heavy atom. The van der Waals surface area contributed by atoms with Gasteiger partial charge in [-0.2, -0.15) is 0 Å². The highest BCUT2D eigenvalue weighted by molar-refractivity contribution is 5.97. The second-order valence-corrected chi connectivity index (χ2v) is 7.27. The van der Waals surface area contributed by atoms with Crippen molar-refractivity contribution in [2.75, 3.05) is 14.1 Å². The molecule has 0 bridgehead atoms. The highest BCUT2D eigenvalue weighted by Gasteiger charge is 2.33. The summed E-state index contributed by atoms with van der Waals surface area (Å²) in [6, 6.07) is 1.07. The Hall–Kier alpha value is -2.55. The third kappa shape index (κ3) is 6.59. The number of hydrogen-bond acceptors (Lipinski definition) is 5. The summed E-state index contributed by atoms with van der Waals surface area (Å²) >= 11 is 0. The van der Waals surface area contributed by atoms with Crippen molar-refractivity contribution in [3.05, 3.63) is 35.4 Å². The molecule has 2 N–H and O–H groups in total. The first kappa shape index (κ1) is 22.5. The first-order valence-electron chi connectivity index (χ1n) is 8.27.